The molecule has 172 valence electrons. The van der Waals surface area contributed by atoms with Crippen LogP contribution in [0.5, 0.6) is 0 Å². The summed E-state index contributed by atoms with van der Waals surface area (Å²) in [4.78, 5) is 22.1. The van der Waals surface area contributed by atoms with Crippen molar-refractivity contribution in [1.29, 1.82) is 5.26 Å². The van der Waals surface area contributed by atoms with Crippen LogP contribution in [0.25, 0.3) is 22.4 Å². The van der Waals surface area contributed by atoms with Crippen molar-refractivity contribution in [2.75, 3.05) is 10.6 Å². The van der Waals surface area contributed by atoms with Gasteiger partial charge in [0.2, 0.25) is 12.1 Å². The number of carbonyl (C=O) groups is 1. The van der Waals surface area contributed by atoms with Gasteiger partial charge in [-0.2, -0.15) is 5.26 Å². The summed E-state index contributed by atoms with van der Waals surface area (Å²) in [5.74, 6) is -0.134. The summed E-state index contributed by atoms with van der Waals surface area (Å²) in [6, 6.07) is 26.2. The second-order valence-corrected chi connectivity index (χ2v) is 8.04. The number of nitrogens with one attached hydrogen (secondary N) is 2. The molecule has 1 aliphatic heterocycles. The molecular formula is C27H17N7O2. The van der Waals surface area contributed by atoms with Crippen molar-refractivity contribution >= 4 is 34.2 Å². The maximum absolute atomic E-state index is 13.1. The molecule has 1 atom stereocenters. The third kappa shape index (κ3) is 3.82. The van der Waals surface area contributed by atoms with Crippen LogP contribution in [0.2, 0.25) is 0 Å². The Morgan fingerprint density at radius 1 is 0.944 bits per heavy atom. The van der Waals surface area contributed by atoms with Crippen LogP contribution in [-0.2, 0) is 4.79 Å². The highest BCUT2D eigenvalue weighted by Gasteiger charge is 2.27. The van der Waals surface area contributed by atoms with Gasteiger partial charge in [0.15, 0.2) is 0 Å². The topological polar surface area (TPSA) is 129 Å². The van der Waals surface area contributed by atoms with Gasteiger partial charge < -0.3 is 15.1 Å². The number of hydrogen-bond donors (Lipinski definition) is 2. The lowest BCUT2D eigenvalue weighted by Gasteiger charge is -2.11. The highest BCUT2D eigenvalue weighted by atomic mass is 16.4. The van der Waals surface area contributed by atoms with Crippen LogP contribution >= 0.6 is 0 Å². The lowest BCUT2D eigenvalue weighted by atomic mass is 10.0. The predicted octanol–water partition coefficient (Wildman–Crippen LogP) is 4.38. The number of benzodiazepines with no additional fused rings is 1. The van der Waals surface area contributed by atoms with Crippen molar-refractivity contribution in [3.8, 4) is 17.5 Å². The fourth-order valence-corrected chi connectivity index (χ4v) is 4.09. The molecule has 1 aliphatic rings. The Hall–Kier alpha value is -5.36. The van der Waals surface area contributed by atoms with Crippen molar-refractivity contribution in [3.63, 3.8) is 0 Å². The van der Waals surface area contributed by atoms with Crippen LogP contribution in [0.15, 0.2) is 94.5 Å². The summed E-state index contributed by atoms with van der Waals surface area (Å²) < 4.78 is 5.87. The van der Waals surface area contributed by atoms with Crippen LogP contribution in [0.4, 0.5) is 11.7 Å². The Morgan fingerprint density at radius 3 is 2.64 bits per heavy atom. The van der Waals surface area contributed by atoms with E-state index < -0.39 is 6.17 Å². The Bertz CT molecular complexity index is 1690. The van der Waals surface area contributed by atoms with Gasteiger partial charge in [-0.3, -0.25) is 9.78 Å². The van der Waals surface area contributed by atoms with Crippen molar-refractivity contribution in [1.82, 2.24) is 15.2 Å². The highest BCUT2D eigenvalue weighted by Crippen LogP contribution is 2.29. The fourth-order valence-electron chi connectivity index (χ4n) is 4.09. The van der Waals surface area contributed by atoms with Crippen molar-refractivity contribution < 1.29 is 9.21 Å². The summed E-state index contributed by atoms with van der Waals surface area (Å²) in [6.07, 6.45) is 0.619. The molecule has 0 spiro atoms. The number of hydrogen-bond acceptors (Lipinski definition) is 8. The fraction of sp³-hybridized carbons (Fsp3) is 0.0370. The summed E-state index contributed by atoms with van der Waals surface area (Å²) >= 11 is 0. The van der Waals surface area contributed by atoms with E-state index in [4.69, 9.17) is 9.41 Å². The van der Waals surface area contributed by atoms with E-state index in [-0.39, 0.29) is 17.8 Å². The number of anilines is 2. The molecule has 2 N–H and O–H groups in total. The minimum absolute atomic E-state index is 0.0358. The third-order valence-electron chi connectivity index (χ3n) is 5.78. The molecule has 6 rings (SSSR count). The molecule has 0 radical (unpaired) electrons. The summed E-state index contributed by atoms with van der Waals surface area (Å²) in [5.41, 5.74) is 4.82. The second kappa shape index (κ2) is 8.77. The monoisotopic (exact) mass is 471 g/mol. The Balaban J connectivity index is 1.37. The molecule has 36 heavy (non-hydrogen) atoms. The number of nitriles is 1. The minimum Gasteiger partial charge on any atom is -0.403 e. The third-order valence-corrected chi connectivity index (χ3v) is 5.78. The van der Waals surface area contributed by atoms with Crippen molar-refractivity contribution in [2.24, 2.45) is 4.99 Å². The first-order valence-electron chi connectivity index (χ1n) is 11.1. The number of fused-ring (bicyclic) bond motifs is 2. The molecule has 0 bridgehead atoms. The number of aliphatic imine (C=N–C) groups is 1. The minimum atomic E-state index is -1.01. The van der Waals surface area contributed by atoms with Gasteiger partial charge in [-0.25, -0.2) is 4.99 Å². The van der Waals surface area contributed by atoms with Crippen LogP contribution < -0.4 is 10.6 Å². The number of nitrogens with zero attached hydrogens (tertiary/aromatic N) is 5. The Kier molecular flexibility index (Phi) is 5.16. The Morgan fingerprint density at radius 2 is 1.78 bits per heavy atom. The van der Waals surface area contributed by atoms with Gasteiger partial charge in [0, 0.05) is 28.3 Å². The van der Waals surface area contributed by atoms with Gasteiger partial charge in [0.05, 0.1) is 28.5 Å². The van der Waals surface area contributed by atoms with E-state index in [2.05, 4.69) is 31.9 Å². The maximum atomic E-state index is 13.1. The Labute approximate surface area is 205 Å². The van der Waals surface area contributed by atoms with Gasteiger partial charge in [-0.1, -0.05) is 53.6 Å². The number of amides is 1. The summed E-state index contributed by atoms with van der Waals surface area (Å²) in [6.45, 7) is 0. The molecule has 9 heteroatoms. The van der Waals surface area contributed by atoms with E-state index in [0.29, 0.717) is 33.4 Å². The van der Waals surface area contributed by atoms with Gasteiger partial charge >= 0.3 is 6.01 Å². The lowest BCUT2D eigenvalue weighted by Crippen LogP contribution is -2.32. The molecule has 0 aliphatic carbocycles. The number of para-hydroxylation sites is 1. The first-order chi connectivity index (χ1) is 17.7. The molecule has 1 amide bonds. The molecule has 0 fully saturated rings. The number of pyridine rings is 1. The van der Waals surface area contributed by atoms with E-state index in [1.807, 2.05) is 54.6 Å². The first-order valence-corrected chi connectivity index (χ1v) is 11.1. The zero-order valence-electron chi connectivity index (χ0n) is 18.7. The van der Waals surface area contributed by atoms with E-state index in [0.717, 1.165) is 11.1 Å². The quantitative estimate of drug-likeness (QED) is 0.398. The van der Waals surface area contributed by atoms with Crippen LogP contribution in [0, 0.1) is 11.3 Å². The second-order valence-electron chi connectivity index (χ2n) is 8.04. The molecule has 0 saturated carbocycles. The number of benzene rings is 3. The van der Waals surface area contributed by atoms with E-state index in [9.17, 15) is 10.1 Å². The van der Waals surface area contributed by atoms with Crippen LogP contribution in [-0.4, -0.2) is 33.0 Å². The van der Waals surface area contributed by atoms with E-state index in [1.165, 1.54) is 0 Å². The average molecular weight is 471 g/mol. The zero-order valence-corrected chi connectivity index (χ0v) is 18.7. The molecule has 3 heterocycles. The first kappa shape index (κ1) is 21.2. The molecular weight excluding hydrogens is 454 g/mol. The average Bonchev–Trinajstić information content (AvgIpc) is 3.34. The van der Waals surface area contributed by atoms with Gasteiger partial charge in [0.25, 0.3) is 5.91 Å². The predicted molar refractivity (Wildman–Crippen MR) is 134 cm³/mol. The molecule has 2 aromatic heterocycles. The van der Waals surface area contributed by atoms with Crippen molar-refractivity contribution in [2.45, 2.75) is 6.17 Å². The van der Waals surface area contributed by atoms with Gasteiger partial charge in [-0.05, 0) is 30.3 Å². The normalized spacial score (nSPS) is 14.8. The molecule has 0 saturated heterocycles. The maximum Gasteiger partial charge on any atom is 0.317 e. The van der Waals surface area contributed by atoms with Gasteiger partial charge in [0.1, 0.15) is 0 Å². The van der Waals surface area contributed by atoms with Crippen LogP contribution in [0.3, 0.4) is 0 Å². The van der Waals surface area contributed by atoms with Gasteiger partial charge in [-0.15, -0.1) is 5.10 Å². The molecule has 1 unspecified atom stereocenters. The summed E-state index contributed by atoms with van der Waals surface area (Å²) in [5, 5.41) is 24.1. The number of aromatic nitrogens is 3. The molecule has 9 nitrogen and oxygen atoms in total. The molecule has 3 aromatic carbocycles. The smallest absolute Gasteiger partial charge is 0.317 e. The van der Waals surface area contributed by atoms with E-state index >= 15 is 0 Å². The molecule has 5 aromatic rings. The number of carbonyl (C=O) groups excluding carboxylic acids is 1. The van der Waals surface area contributed by atoms with Crippen LogP contribution in [0.1, 0.15) is 16.7 Å². The highest BCUT2D eigenvalue weighted by molar-refractivity contribution is 6.19. The SMILES string of the molecule is N#Cc1ccc2nccc(-c3nnc(NC4N=C(c5ccccc5)c5ccccc5NC4=O)o3)c2c1. The zero-order chi connectivity index (χ0) is 24.5. The summed E-state index contributed by atoms with van der Waals surface area (Å²) in [7, 11) is 0. The standard InChI is InChI=1S/C27H17N7O2/c28-15-16-10-11-21-20(14-16)18(12-13-29-21)26-33-34-27(36-26)32-24-25(35)30-22-9-5-4-8-19(22)23(31-24)17-6-2-1-3-7-17/h1-14,24H,(H,30,35)(H,32,34). The van der Waals surface area contributed by atoms with E-state index in [1.54, 1.807) is 30.5 Å². The van der Waals surface area contributed by atoms with Crippen molar-refractivity contribution in [3.05, 3.63) is 102 Å². The largest absolute Gasteiger partial charge is 0.403 e. The lowest BCUT2D eigenvalue weighted by molar-refractivity contribution is -0.116. The number of rotatable bonds is 4.